The summed E-state index contributed by atoms with van der Waals surface area (Å²) >= 11 is 6.86. The Kier molecular flexibility index (Phi) is 7.26. The predicted octanol–water partition coefficient (Wildman–Crippen LogP) is 3.01. The van der Waals surface area contributed by atoms with E-state index in [2.05, 4.69) is 25.8 Å². The number of carbonyl (C=O) groups excluding carboxylic acids is 3. The van der Waals surface area contributed by atoms with Crippen molar-refractivity contribution < 1.29 is 14.4 Å². The number of halogens is 1. The Balaban J connectivity index is 1.28. The number of hydrogen-bond donors (Lipinski definition) is 2. The van der Waals surface area contributed by atoms with Crippen LogP contribution in [0.15, 0.2) is 48.8 Å². The molecule has 9 nitrogen and oxygen atoms in total. The summed E-state index contributed by atoms with van der Waals surface area (Å²) in [5, 5.41) is 14.1. The Morgan fingerprint density at radius 2 is 1.88 bits per heavy atom. The van der Waals surface area contributed by atoms with Crippen molar-refractivity contribution in [3.8, 4) is 0 Å². The first-order valence-electron chi connectivity index (χ1n) is 10.4. The fourth-order valence-corrected chi connectivity index (χ4v) is 4.37. The molecule has 33 heavy (non-hydrogen) atoms. The lowest BCUT2D eigenvalue weighted by molar-refractivity contribution is -0.126. The molecule has 3 amide bonds. The zero-order valence-corrected chi connectivity index (χ0v) is 19.1. The van der Waals surface area contributed by atoms with Gasteiger partial charge in [0, 0.05) is 48.7 Å². The monoisotopic (exact) mass is 484 g/mol. The largest absolute Gasteiger partial charge is 0.352 e. The maximum atomic E-state index is 12.8. The Morgan fingerprint density at radius 1 is 1.09 bits per heavy atom. The van der Waals surface area contributed by atoms with Gasteiger partial charge in [0.1, 0.15) is 0 Å². The standard InChI is InChI=1S/C22H21ClN6O3S/c23-16-4-1-5-17(11-16)26-19(31)20-27-28-21(33-20)22(32)29-9-6-15(7-10-29)18(30)25-13-14-3-2-8-24-12-14/h1-5,8,11-12,15H,6-7,9-10,13H2,(H,25,30)(H,26,31). The molecular weight excluding hydrogens is 464 g/mol. The molecule has 0 bridgehead atoms. The molecule has 0 aliphatic carbocycles. The third kappa shape index (κ3) is 5.91. The number of nitrogens with one attached hydrogen (secondary N) is 2. The number of benzene rings is 1. The predicted molar refractivity (Wildman–Crippen MR) is 124 cm³/mol. The molecule has 11 heteroatoms. The van der Waals surface area contributed by atoms with E-state index in [1.807, 2.05) is 12.1 Å². The number of likely N-dealkylation sites (tertiary alicyclic amines) is 1. The second kappa shape index (κ2) is 10.5. The van der Waals surface area contributed by atoms with Crippen molar-refractivity contribution in [3.63, 3.8) is 0 Å². The molecule has 1 saturated heterocycles. The molecule has 1 fully saturated rings. The first-order chi connectivity index (χ1) is 16.0. The first-order valence-corrected chi connectivity index (χ1v) is 11.6. The van der Waals surface area contributed by atoms with E-state index in [1.54, 1.807) is 41.6 Å². The molecule has 0 unspecified atom stereocenters. The number of anilines is 1. The summed E-state index contributed by atoms with van der Waals surface area (Å²) in [4.78, 5) is 43.3. The quantitative estimate of drug-likeness (QED) is 0.555. The van der Waals surface area contributed by atoms with E-state index in [0.717, 1.165) is 16.9 Å². The van der Waals surface area contributed by atoms with Gasteiger partial charge in [-0.15, -0.1) is 10.2 Å². The number of hydrogen-bond acceptors (Lipinski definition) is 7. The highest BCUT2D eigenvalue weighted by Gasteiger charge is 2.29. The van der Waals surface area contributed by atoms with Crippen molar-refractivity contribution in [2.75, 3.05) is 18.4 Å². The Labute approximate surface area is 199 Å². The summed E-state index contributed by atoms with van der Waals surface area (Å²) in [7, 11) is 0. The van der Waals surface area contributed by atoms with Gasteiger partial charge >= 0.3 is 0 Å². The van der Waals surface area contributed by atoms with E-state index in [9.17, 15) is 14.4 Å². The average molecular weight is 485 g/mol. The summed E-state index contributed by atoms with van der Waals surface area (Å²) in [5.41, 5.74) is 1.46. The second-order valence-corrected chi connectivity index (χ2v) is 8.94. The minimum Gasteiger partial charge on any atom is -0.352 e. The van der Waals surface area contributed by atoms with Gasteiger partial charge in [0.25, 0.3) is 11.8 Å². The summed E-state index contributed by atoms with van der Waals surface area (Å²) in [5.74, 6) is -0.928. The molecular formula is C22H21ClN6O3S. The van der Waals surface area contributed by atoms with Crippen LogP contribution in [0.3, 0.4) is 0 Å². The van der Waals surface area contributed by atoms with Crippen LogP contribution in [-0.4, -0.2) is 50.9 Å². The molecule has 0 atom stereocenters. The van der Waals surface area contributed by atoms with E-state index in [1.165, 1.54) is 0 Å². The van der Waals surface area contributed by atoms with Crippen molar-refractivity contribution in [2.24, 2.45) is 5.92 Å². The van der Waals surface area contributed by atoms with Crippen molar-refractivity contribution in [3.05, 3.63) is 69.4 Å². The Bertz CT molecular complexity index is 1150. The third-order valence-corrected chi connectivity index (χ3v) is 6.37. The number of rotatable bonds is 6. The first kappa shape index (κ1) is 22.8. The fraction of sp³-hybridized carbons (Fsp3) is 0.273. The summed E-state index contributed by atoms with van der Waals surface area (Å²) in [6.07, 6.45) is 4.52. The molecule has 170 valence electrons. The van der Waals surface area contributed by atoms with Crippen molar-refractivity contribution in [1.29, 1.82) is 0 Å². The Morgan fingerprint density at radius 3 is 2.61 bits per heavy atom. The van der Waals surface area contributed by atoms with E-state index >= 15 is 0 Å². The molecule has 4 rings (SSSR count). The topological polar surface area (TPSA) is 117 Å². The van der Waals surface area contributed by atoms with Gasteiger partial charge in [-0.2, -0.15) is 0 Å². The minimum absolute atomic E-state index is 0.0261. The van der Waals surface area contributed by atoms with Gasteiger partial charge in [-0.05, 0) is 42.7 Å². The van der Waals surface area contributed by atoms with Crippen LogP contribution in [0, 0.1) is 5.92 Å². The molecule has 0 spiro atoms. The van der Waals surface area contributed by atoms with Gasteiger partial charge in [0.05, 0.1) is 0 Å². The number of carbonyl (C=O) groups is 3. The van der Waals surface area contributed by atoms with Crippen LogP contribution in [-0.2, 0) is 11.3 Å². The zero-order chi connectivity index (χ0) is 23.2. The molecule has 1 aromatic carbocycles. The van der Waals surface area contributed by atoms with Crippen LogP contribution in [0.4, 0.5) is 5.69 Å². The molecule has 2 aromatic heterocycles. The van der Waals surface area contributed by atoms with Crippen LogP contribution >= 0.6 is 22.9 Å². The van der Waals surface area contributed by atoms with Crippen LogP contribution in [0.25, 0.3) is 0 Å². The van der Waals surface area contributed by atoms with Crippen LogP contribution < -0.4 is 10.6 Å². The lowest BCUT2D eigenvalue weighted by Gasteiger charge is -2.30. The SMILES string of the molecule is O=C(Nc1cccc(Cl)c1)c1nnc(C(=O)N2CCC(C(=O)NCc3cccnc3)CC2)s1. The molecule has 3 heterocycles. The molecule has 2 N–H and O–H groups in total. The normalized spacial score (nSPS) is 14.0. The number of nitrogens with zero attached hydrogens (tertiary/aromatic N) is 4. The average Bonchev–Trinajstić information content (AvgIpc) is 3.33. The zero-order valence-electron chi connectivity index (χ0n) is 17.5. The molecule has 3 aromatic rings. The Hall–Kier alpha value is -3.37. The molecule has 1 aliphatic heterocycles. The molecule has 1 aliphatic rings. The van der Waals surface area contributed by atoms with Gasteiger partial charge in [0.15, 0.2) is 0 Å². The van der Waals surface area contributed by atoms with Crippen LogP contribution in [0.5, 0.6) is 0 Å². The van der Waals surface area contributed by atoms with Crippen molar-refractivity contribution in [2.45, 2.75) is 19.4 Å². The van der Waals surface area contributed by atoms with Gasteiger partial charge in [0.2, 0.25) is 15.9 Å². The highest BCUT2D eigenvalue weighted by Crippen LogP contribution is 2.22. The van der Waals surface area contributed by atoms with E-state index in [-0.39, 0.29) is 27.7 Å². The molecule has 0 saturated carbocycles. The number of pyridine rings is 1. The third-order valence-electron chi connectivity index (χ3n) is 5.23. The summed E-state index contributed by atoms with van der Waals surface area (Å²) in [6.45, 7) is 1.30. The van der Waals surface area contributed by atoms with Gasteiger partial charge in [-0.1, -0.05) is 35.1 Å². The minimum atomic E-state index is -0.460. The fourth-order valence-electron chi connectivity index (χ4n) is 3.47. The highest BCUT2D eigenvalue weighted by atomic mass is 35.5. The van der Waals surface area contributed by atoms with E-state index in [4.69, 9.17) is 11.6 Å². The second-order valence-electron chi connectivity index (χ2n) is 7.52. The smallest absolute Gasteiger partial charge is 0.286 e. The molecule has 0 radical (unpaired) electrons. The number of aromatic nitrogens is 3. The highest BCUT2D eigenvalue weighted by molar-refractivity contribution is 7.15. The lowest BCUT2D eigenvalue weighted by atomic mass is 9.96. The van der Waals surface area contributed by atoms with Crippen LogP contribution in [0.1, 0.15) is 38.0 Å². The van der Waals surface area contributed by atoms with Crippen molar-refractivity contribution in [1.82, 2.24) is 25.4 Å². The van der Waals surface area contributed by atoms with Gasteiger partial charge in [-0.25, -0.2) is 0 Å². The van der Waals surface area contributed by atoms with E-state index < -0.39 is 5.91 Å². The summed E-state index contributed by atoms with van der Waals surface area (Å²) < 4.78 is 0. The summed E-state index contributed by atoms with van der Waals surface area (Å²) in [6, 6.07) is 10.5. The number of amides is 3. The van der Waals surface area contributed by atoms with E-state index in [0.29, 0.717) is 43.2 Å². The maximum Gasteiger partial charge on any atom is 0.286 e. The number of piperidine rings is 1. The maximum absolute atomic E-state index is 12.8. The van der Waals surface area contributed by atoms with Crippen LogP contribution in [0.2, 0.25) is 5.02 Å². The van der Waals surface area contributed by atoms with Gasteiger partial charge < -0.3 is 15.5 Å². The lowest BCUT2D eigenvalue weighted by Crippen LogP contribution is -2.42. The van der Waals surface area contributed by atoms with Crippen molar-refractivity contribution >= 4 is 46.3 Å². The van der Waals surface area contributed by atoms with Gasteiger partial charge in [-0.3, -0.25) is 19.4 Å².